The van der Waals surface area contributed by atoms with E-state index in [-0.39, 0.29) is 56.2 Å². The van der Waals surface area contributed by atoms with Crippen LogP contribution >= 0.6 is 0 Å². The summed E-state index contributed by atoms with van der Waals surface area (Å²) >= 11 is 0. The van der Waals surface area contributed by atoms with E-state index >= 15 is 0 Å². The number of piperidine rings is 1. The van der Waals surface area contributed by atoms with Crippen molar-refractivity contribution in [3.05, 3.63) is 0 Å². The lowest BCUT2D eigenvalue weighted by Crippen LogP contribution is -2.55. The van der Waals surface area contributed by atoms with Crippen LogP contribution in [-0.2, 0) is 28.7 Å². The van der Waals surface area contributed by atoms with Gasteiger partial charge in [0.25, 0.3) is 5.91 Å². The monoisotopic (exact) mass is 695 g/mol. The molecular formula is C36H65N5O8. The van der Waals surface area contributed by atoms with Gasteiger partial charge in [0.1, 0.15) is 5.41 Å². The van der Waals surface area contributed by atoms with Gasteiger partial charge in [-0.05, 0) is 83.5 Å². The molecular weight excluding hydrogens is 630 g/mol. The number of amides is 5. The Hall–Kier alpha value is -2.77. The molecule has 0 spiro atoms. The van der Waals surface area contributed by atoms with E-state index in [0.29, 0.717) is 81.3 Å². The van der Waals surface area contributed by atoms with Gasteiger partial charge in [0.2, 0.25) is 23.6 Å². The summed E-state index contributed by atoms with van der Waals surface area (Å²) < 4.78 is 6.09. The van der Waals surface area contributed by atoms with Crippen molar-refractivity contribution in [1.82, 2.24) is 26.1 Å². The summed E-state index contributed by atoms with van der Waals surface area (Å²) in [7, 11) is 0. The topological polar surface area (TPSA) is 178 Å². The van der Waals surface area contributed by atoms with Gasteiger partial charge < -0.3 is 20.7 Å². The Kier molecular flexibility index (Phi) is 19.8. The van der Waals surface area contributed by atoms with Crippen LogP contribution in [0.1, 0.15) is 143 Å². The molecule has 5 amide bonds. The van der Waals surface area contributed by atoms with E-state index in [9.17, 15) is 34.4 Å². The molecule has 5 N–H and O–H groups in total. The van der Waals surface area contributed by atoms with Gasteiger partial charge in [-0.1, -0.05) is 46.0 Å². The minimum atomic E-state index is -1.35. The number of unbranched alkanes of at least 4 members (excludes halogenated alkanes) is 5. The van der Waals surface area contributed by atoms with Crippen LogP contribution in [0, 0.1) is 11.3 Å². The van der Waals surface area contributed by atoms with Crippen molar-refractivity contribution in [3.63, 3.8) is 0 Å². The second kappa shape index (κ2) is 22.8. The molecule has 13 heteroatoms. The second-order valence-corrected chi connectivity index (χ2v) is 14.2. The fourth-order valence-corrected chi connectivity index (χ4v) is 6.17. The summed E-state index contributed by atoms with van der Waals surface area (Å²) in [5.74, 6) is -0.959. The van der Waals surface area contributed by atoms with Crippen LogP contribution in [0.25, 0.3) is 0 Å². The van der Waals surface area contributed by atoms with Crippen molar-refractivity contribution in [1.29, 1.82) is 0 Å². The molecule has 1 saturated carbocycles. The molecule has 0 aromatic heterocycles. The Morgan fingerprint density at radius 1 is 0.918 bits per heavy atom. The quantitative estimate of drug-likeness (QED) is 0.0358. The third-order valence-corrected chi connectivity index (χ3v) is 10.00. The third kappa shape index (κ3) is 16.2. The summed E-state index contributed by atoms with van der Waals surface area (Å²) in [6.07, 6.45) is 12.9. The van der Waals surface area contributed by atoms with Crippen LogP contribution in [0.3, 0.4) is 0 Å². The molecule has 2 fully saturated rings. The standard InChI is InChI=1S/C36H65N5O8/c1-4-6-9-23-37-30(42)16-17-32(44)40(47)26-12-7-10-25-39-33(45)36(21-13-27-41(48)34(36)46)20-8-11-24-38-31(43)19-28-49-35(3,5-2)22-18-29-14-15-29/h29,47-48H,4-28H2,1-3H3,(H,37,42)(H,38,43)(H,39,45). The minimum Gasteiger partial charge on any atom is -0.375 e. The summed E-state index contributed by atoms with van der Waals surface area (Å²) in [5, 5.41) is 30.0. The molecule has 282 valence electrons. The number of hydroxylamine groups is 4. The summed E-state index contributed by atoms with van der Waals surface area (Å²) in [5.41, 5.74) is -1.55. The predicted molar refractivity (Wildman–Crippen MR) is 185 cm³/mol. The maximum absolute atomic E-state index is 13.3. The SMILES string of the molecule is CCCCCNC(=O)CCC(=O)N(O)CCCCCNC(=O)C1(CCCCNC(=O)CCOC(C)(CC)CCC2CC2)CCCN(O)C1=O. The van der Waals surface area contributed by atoms with Crippen LogP contribution < -0.4 is 16.0 Å². The Bertz CT molecular complexity index is 1040. The molecule has 2 rings (SSSR count). The summed E-state index contributed by atoms with van der Waals surface area (Å²) in [6, 6.07) is 0. The zero-order valence-corrected chi connectivity index (χ0v) is 30.5. The Morgan fingerprint density at radius 2 is 1.57 bits per heavy atom. The van der Waals surface area contributed by atoms with Crippen LogP contribution in [0.15, 0.2) is 0 Å². The first kappa shape index (κ1) is 42.4. The normalized spacial score (nSPS) is 18.9. The van der Waals surface area contributed by atoms with Gasteiger partial charge in [-0.25, -0.2) is 10.1 Å². The van der Waals surface area contributed by atoms with Gasteiger partial charge in [0.05, 0.1) is 12.2 Å². The van der Waals surface area contributed by atoms with E-state index < -0.39 is 23.1 Å². The van der Waals surface area contributed by atoms with Crippen LogP contribution in [0.5, 0.6) is 0 Å². The van der Waals surface area contributed by atoms with E-state index in [4.69, 9.17) is 4.74 Å². The van der Waals surface area contributed by atoms with Crippen molar-refractivity contribution in [2.24, 2.45) is 11.3 Å². The smallest absolute Gasteiger partial charge is 0.261 e. The molecule has 13 nitrogen and oxygen atoms in total. The zero-order chi connectivity index (χ0) is 36.1. The second-order valence-electron chi connectivity index (χ2n) is 14.2. The molecule has 0 aromatic carbocycles. The number of hydrogen-bond donors (Lipinski definition) is 5. The van der Waals surface area contributed by atoms with E-state index in [2.05, 4.69) is 36.7 Å². The third-order valence-electron chi connectivity index (χ3n) is 10.00. The van der Waals surface area contributed by atoms with Gasteiger partial charge in [0.15, 0.2) is 0 Å². The molecule has 0 bridgehead atoms. The summed E-state index contributed by atoms with van der Waals surface area (Å²) in [4.78, 5) is 62.8. The number of nitrogens with one attached hydrogen (secondary N) is 3. The highest BCUT2D eigenvalue weighted by Gasteiger charge is 2.49. The number of hydrogen-bond acceptors (Lipinski definition) is 8. The summed E-state index contributed by atoms with van der Waals surface area (Å²) in [6.45, 7) is 8.33. The molecule has 0 radical (unpaired) electrons. The van der Waals surface area contributed by atoms with E-state index in [1.54, 1.807) is 0 Å². The van der Waals surface area contributed by atoms with Crippen LogP contribution in [-0.4, -0.2) is 95.0 Å². The molecule has 0 aromatic rings. The lowest BCUT2D eigenvalue weighted by atomic mass is 9.74. The largest absolute Gasteiger partial charge is 0.375 e. The fourth-order valence-electron chi connectivity index (χ4n) is 6.17. The Morgan fingerprint density at radius 3 is 2.24 bits per heavy atom. The van der Waals surface area contributed by atoms with Gasteiger partial charge >= 0.3 is 0 Å². The Balaban J connectivity index is 1.65. The highest BCUT2D eigenvalue weighted by Crippen LogP contribution is 2.37. The molecule has 1 saturated heterocycles. The number of carbonyl (C=O) groups is 5. The lowest BCUT2D eigenvalue weighted by Gasteiger charge is -2.37. The maximum atomic E-state index is 13.3. The van der Waals surface area contributed by atoms with E-state index in [1.807, 2.05) is 0 Å². The minimum absolute atomic E-state index is 0.0306. The Labute approximate surface area is 293 Å². The predicted octanol–water partition coefficient (Wildman–Crippen LogP) is 4.63. The average Bonchev–Trinajstić information content (AvgIpc) is 3.92. The lowest BCUT2D eigenvalue weighted by molar-refractivity contribution is -0.188. The molecule has 2 unspecified atom stereocenters. The number of rotatable bonds is 27. The van der Waals surface area contributed by atoms with Gasteiger partial charge in [-0.2, -0.15) is 0 Å². The molecule has 2 aliphatic rings. The van der Waals surface area contributed by atoms with Crippen LogP contribution in [0.4, 0.5) is 0 Å². The van der Waals surface area contributed by atoms with Gasteiger partial charge in [-0.3, -0.25) is 34.4 Å². The first-order chi connectivity index (χ1) is 23.5. The van der Waals surface area contributed by atoms with Crippen molar-refractivity contribution in [2.75, 3.05) is 39.3 Å². The maximum Gasteiger partial charge on any atom is 0.261 e. The highest BCUT2D eigenvalue weighted by atomic mass is 16.5. The average molecular weight is 696 g/mol. The van der Waals surface area contributed by atoms with Gasteiger partial charge in [-0.15, -0.1) is 0 Å². The molecule has 1 aliphatic heterocycles. The number of carbonyl (C=O) groups excluding carboxylic acids is 5. The van der Waals surface area contributed by atoms with Crippen molar-refractivity contribution in [2.45, 2.75) is 148 Å². The zero-order valence-electron chi connectivity index (χ0n) is 30.5. The van der Waals surface area contributed by atoms with Crippen molar-refractivity contribution in [3.8, 4) is 0 Å². The van der Waals surface area contributed by atoms with Crippen molar-refractivity contribution < 1.29 is 39.1 Å². The highest BCUT2D eigenvalue weighted by molar-refractivity contribution is 6.05. The van der Waals surface area contributed by atoms with E-state index in [1.165, 1.54) is 19.3 Å². The first-order valence-corrected chi connectivity index (χ1v) is 18.9. The molecule has 49 heavy (non-hydrogen) atoms. The fraction of sp³-hybridized carbons (Fsp3) is 0.861. The number of ether oxygens (including phenoxy) is 1. The van der Waals surface area contributed by atoms with Crippen LogP contribution in [0.2, 0.25) is 0 Å². The number of nitrogens with zero attached hydrogens (tertiary/aromatic N) is 2. The first-order valence-electron chi connectivity index (χ1n) is 18.9. The molecule has 1 aliphatic carbocycles. The van der Waals surface area contributed by atoms with Gasteiger partial charge in [0, 0.05) is 52.0 Å². The van der Waals surface area contributed by atoms with Crippen molar-refractivity contribution >= 4 is 29.5 Å². The molecule has 1 heterocycles. The van der Waals surface area contributed by atoms with E-state index in [0.717, 1.165) is 38.0 Å². The molecule has 2 atom stereocenters.